The minimum atomic E-state index is -0.266. The maximum absolute atomic E-state index is 12.6. The van der Waals surface area contributed by atoms with Gasteiger partial charge in [0, 0.05) is 6.04 Å². The molecule has 2 fully saturated rings. The van der Waals surface area contributed by atoms with Crippen molar-refractivity contribution in [3.8, 4) is 0 Å². The van der Waals surface area contributed by atoms with E-state index in [0.717, 1.165) is 25.7 Å². The highest BCUT2D eigenvalue weighted by atomic mass is 16.2. The van der Waals surface area contributed by atoms with Gasteiger partial charge in [0.1, 0.15) is 12.1 Å². The van der Waals surface area contributed by atoms with Crippen LogP contribution in [0.15, 0.2) is 12.2 Å². The Balaban J connectivity index is 1.84. The summed E-state index contributed by atoms with van der Waals surface area (Å²) in [5, 5.41) is 2.93. The summed E-state index contributed by atoms with van der Waals surface area (Å²) in [6.45, 7) is 1.98. The lowest BCUT2D eigenvalue weighted by Crippen LogP contribution is -2.65. The second-order valence-electron chi connectivity index (χ2n) is 5.59. The molecule has 0 bridgehead atoms. The average molecular weight is 248 g/mol. The average Bonchev–Trinajstić information content (AvgIpc) is 3.06. The normalized spacial score (nSPS) is 33.1. The van der Waals surface area contributed by atoms with Crippen LogP contribution in [0.4, 0.5) is 0 Å². The van der Waals surface area contributed by atoms with Crippen LogP contribution in [0.2, 0.25) is 0 Å². The third-order valence-corrected chi connectivity index (χ3v) is 4.31. The number of rotatable bonds is 3. The summed E-state index contributed by atoms with van der Waals surface area (Å²) in [4.78, 5) is 26.6. The van der Waals surface area contributed by atoms with Gasteiger partial charge in [0.05, 0.1) is 0 Å². The molecule has 1 saturated carbocycles. The Bertz CT molecular complexity index is 393. The Morgan fingerprint density at radius 3 is 2.50 bits per heavy atom. The summed E-state index contributed by atoms with van der Waals surface area (Å²) in [7, 11) is 0. The molecule has 2 amide bonds. The lowest BCUT2D eigenvalue weighted by Gasteiger charge is -2.42. The van der Waals surface area contributed by atoms with E-state index in [1.807, 2.05) is 11.8 Å². The number of piperazine rings is 1. The van der Waals surface area contributed by atoms with E-state index < -0.39 is 0 Å². The van der Waals surface area contributed by atoms with Crippen LogP contribution in [0.1, 0.15) is 39.0 Å². The molecule has 1 saturated heterocycles. The van der Waals surface area contributed by atoms with Gasteiger partial charge in [-0.25, -0.2) is 0 Å². The molecule has 0 aromatic carbocycles. The fraction of sp³-hybridized carbons (Fsp3) is 0.714. The number of carbonyl (C=O) groups excluding carboxylic acids is 2. The van der Waals surface area contributed by atoms with Crippen molar-refractivity contribution in [2.24, 2.45) is 5.92 Å². The quantitative estimate of drug-likeness (QED) is 0.763. The van der Waals surface area contributed by atoms with Crippen LogP contribution in [-0.2, 0) is 9.59 Å². The molecule has 1 aliphatic heterocycles. The standard InChI is InChI=1S/C14H20N2O2/c1-2-11-13(17)15-12(9-7-8-9)14(18)16(11)10-5-3-4-6-10/h3-4,9-12H,2,5-8H2,1H3,(H,15,17). The summed E-state index contributed by atoms with van der Waals surface area (Å²) in [6, 6.07) is -0.312. The van der Waals surface area contributed by atoms with Gasteiger partial charge in [-0.05, 0) is 38.0 Å². The maximum Gasteiger partial charge on any atom is 0.246 e. The van der Waals surface area contributed by atoms with E-state index in [4.69, 9.17) is 0 Å². The van der Waals surface area contributed by atoms with E-state index in [1.165, 1.54) is 0 Å². The highest BCUT2D eigenvalue weighted by molar-refractivity contribution is 5.97. The molecule has 1 heterocycles. The lowest BCUT2D eigenvalue weighted by molar-refractivity contribution is -0.152. The van der Waals surface area contributed by atoms with Crippen molar-refractivity contribution in [2.45, 2.75) is 57.2 Å². The third-order valence-electron chi connectivity index (χ3n) is 4.31. The summed E-state index contributed by atoms with van der Waals surface area (Å²) in [5.74, 6) is 0.578. The van der Waals surface area contributed by atoms with E-state index in [2.05, 4.69) is 17.5 Å². The van der Waals surface area contributed by atoms with Gasteiger partial charge in [-0.15, -0.1) is 0 Å². The van der Waals surface area contributed by atoms with Gasteiger partial charge >= 0.3 is 0 Å². The van der Waals surface area contributed by atoms with Gasteiger partial charge in [0.15, 0.2) is 0 Å². The van der Waals surface area contributed by atoms with Gasteiger partial charge in [-0.3, -0.25) is 9.59 Å². The van der Waals surface area contributed by atoms with Crippen LogP contribution in [0.25, 0.3) is 0 Å². The first-order valence-corrected chi connectivity index (χ1v) is 7.00. The molecule has 4 heteroatoms. The van der Waals surface area contributed by atoms with Crippen LogP contribution < -0.4 is 5.32 Å². The van der Waals surface area contributed by atoms with Gasteiger partial charge < -0.3 is 10.2 Å². The first kappa shape index (κ1) is 11.8. The Hall–Kier alpha value is -1.32. The highest BCUT2D eigenvalue weighted by Crippen LogP contribution is 2.36. The molecule has 98 valence electrons. The number of nitrogens with zero attached hydrogens (tertiary/aromatic N) is 1. The zero-order chi connectivity index (χ0) is 12.7. The van der Waals surface area contributed by atoms with Crippen molar-refractivity contribution in [3.63, 3.8) is 0 Å². The second-order valence-corrected chi connectivity index (χ2v) is 5.59. The highest BCUT2D eigenvalue weighted by Gasteiger charge is 2.48. The van der Waals surface area contributed by atoms with Crippen molar-refractivity contribution in [2.75, 3.05) is 0 Å². The number of hydrogen-bond donors (Lipinski definition) is 1. The number of amides is 2. The Morgan fingerprint density at radius 2 is 1.94 bits per heavy atom. The van der Waals surface area contributed by atoms with E-state index in [1.54, 1.807) is 0 Å². The fourth-order valence-corrected chi connectivity index (χ4v) is 3.15. The molecule has 0 spiro atoms. The van der Waals surface area contributed by atoms with E-state index in [9.17, 15) is 9.59 Å². The third kappa shape index (κ3) is 1.84. The van der Waals surface area contributed by atoms with Crippen molar-refractivity contribution >= 4 is 11.8 Å². The largest absolute Gasteiger partial charge is 0.342 e. The van der Waals surface area contributed by atoms with Gasteiger partial charge in [-0.1, -0.05) is 19.1 Å². The molecule has 1 N–H and O–H groups in total. The fourth-order valence-electron chi connectivity index (χ4n) is 3.15. The van der Waals surface area contributed by atoms with Gasteiger partial charge in [0.25, 0.3) is 0 Å². The SMILES string of the molecule is CCC1C(=O)NC(C2CC2)C(=O)N1C1CC=CC1. The molecule has 0 radical (unpaired) electrons. The molecule has 2 unspecified atom stereocenters. The van der Waals surface area contributed by atoms with Crippen LogP contribution in [0.3, 0.4) is 0 Å². The Kier molecular flexibility index (Phi) is 2.88. The number of carbonyl (C=O) groups is 2. The Morgan fingerprint density at radius 1 is 1.28 bits per heavy atom. The van der Waals surface area contributed by atoms with E-state index >= 15 is 0 Å². The smallest absolute Gasteiger partial charge is 0.246 e. The Labute approximate surface area is 107 Å². The van der Waals surface area contributed by atoms with Crippen molar-refractivity contribution in [3.05, 3.63) is 12.2 Å². The molecular weight excluding hydrogens is 228 g/mol. The first-order chi connectivity index (χ1) is 8.72. The van der Waals surface area contributed by atoms with Crippen molar-refractivity contribution < 1.29 is 9.59 Å². The molecule has 4 nitrogen and oxygen atoms in total. The van der Waals surface area contributed by atoms with Crippen molar-refractivity contribution in [1.82, 2.24) is 10.2 Å². The molecule has 2 atom stereocenters. The summed E-state index contributed by atoms with van der Waals surface area (Å²) < 4.78 is 0. The van der Waals surface area contributed by atoms with Crippen LogP contribution in [0, 0.1) is 5.92 Å². The predicted molar refractivity (Wildman–Crippen MR) is 67.7 cm³/mol. The molecule has 3 rings (SSSR count). The van der Waals surface area contributed by atoms with Gasteiger partial charge in [0.2, 0.25) is 11.8 Å². The van der Waals surface area contributed by atoms with Crippen molar-refractivity contribution in [1.29, 1.82) is 0 Å². The minimum absolute atomic E-state index is 0.0425. The summed E-state index contributed by atoms with van der Waals surface area (Å²) in [5.41, 5.74) is 0. The number of nitrogens with one attached hydrogen (secondary N) is 1. The summed E-state index contributed by atoms with van der Waals surface area (Å²) in [6.07, 6.45) is 8.87. The monoisotopic (exact) mass is 248 g/mol. The zero-order valence-corrected chi connectivity index (χ0v) is 10.8. The molecule has 0 aromatic rings. The van der Waals surface area contributed by atoms with Crippen LogP contribution >= 0.6 is 0 Å². The lowest BCUT2D eigenvalue weighted by atomic mass is 9.98. The maximum atomic E-state index is 12.6. The van der Waals surface area contributed by atoms with Gasteiger partial charge in [-0.2, -0.15) is 0 Å². The summed E-state index contributed by atoms with van der Waals surface area (Å²) >= 11 is 0. The van der Waals surface area contributed by atoms with E-state index in [-0.39, 0.29) is 29.9 Å². The topological polar surface area (TPSA) is 49.4 Å². The van der Waals surface area contributed by atoms with E-state index in [0.29, 0.717) is 12.3 Å². The predicted octanol–water partition coefficient (Wildman–Crippen LogP) is 1.22. The molecule has 2 aliphatic carbocycles. The first-order valence-electron chi connectivity index (χ1n) is 7.00. The molecule has 3 aliphatic rings. The second kappa shape index (κ2) is 4.41. The molecule has 18 heavy (non-hydrogen) atoms. The van der Waals surface area contributed by atoms with Crippen LogP contribution in [0.5, 0.6) is 0 Å². The number of hydrogen-bond acceptors (Lipinski definition) is 2. The zero-order valence-electron chi connectivity index (χ0n) is 10.8. The molecular formula is C14H20N2O2. The minimum Gasteiger partial charge on any atom is -0.342 e. The van der Waals surface area contributed by atoms with Crippen LogP contribution in [-0.4, -0.2) is 34.8 Å². The molecule has 0 aromatic heterocycles.